The Morgan fingerprint density at radius 2 is 2.00 bits per heavy atom. The Morgan fingerprint density at radius 3 is 2.67 bits per heavy atom. The Balaban J connectivity index is 2.59. The molecule has 0 amide bonds. The number of hydrogen-bond donors (Lipinski definition) is 2. The molecule has 0 aliphatic carbocycles. The van der Waals surface area contributed by atoms with E-state index in [1.165, 1.54) is 0 Å². The molecule has 5 heteroatoms. The average molecular weight is 342 g/mol. The Morgan fingerprint density at radius 1 is 1.25 bits per heavy atom. The fourth-order valence-corrected chi connectivity index (χ4v) is 2.67. The minimum atomic E-state index is -0.137. The number of hydrogen-bond acceptors (Lipinski definition) is 3. The van der Waals surface area contributed by atoms with Crippen LogP contribution in [0.15, 0.2) is 48.8 Å². The van der Waals surface area contributed by atoms with Crippen molar-refractivity contribution in [3.63, 3.8) is 0 Å². The molecule has 0 bridgehead atoms. The predicted molar refractivity (Wildman–Crippen MR) is 97.7 cm³/mol. The van der Waals surface area contributed by atoms with Crippen molar-refractivity contribution in [3.8, 4) is 0 Å². The van der Waals surface area contributed by atoms with E-state index in [2.05, 4.69) is 5.32 Å². The van der Waals surface area contributed by atoms with Gasteiger partial charge >= 0.3 is 0 Å². The molecule has 24 heavy (non-hydrogen) atoms. The summed E-state index contributed by atoms with van der Waals surface area (Å²) in [5.41, 5.74) is 2.63. The van der Waals surface area contributed by atoms with Crippen molar-refractivity contribution in [1.82, 2.24) is 5.32 Å². The second-order valence-electron chi connectivity index (χ2n) is 5.53. The van der Waals surface area contributed by atoms with E-state index in [0.717, 1.165) is 12.0 Å². The van der Waals surface area contributed by atoms with E-state index in [1.807, 2.05) is 32.0 Å². The van der Waals surface area contributed by atoms with E-state index in [4.69, 9.17) is 12.2 Å². The molecule has 0 aliphatic heterocycles. The Kier molecular flexibility index (Phi) is 6.46. The molecule has 0 radical (unpaired) electrons. The first kappa shape index (κ1) is 18.1. The van der Waals surface area contributed by atoms with Gasteiger partial charge in [-0.1, -0.05) is 43.4 Å². The summed E-state index contributed by atoms with van der Waals surface area (Å²) in [6.45, 7) is 4.55. The van der Waals surface area contributed by atoms with Crippen molar-refractivity contribution in [3.05, 3.63) is 65.5 Å². The first-order valence-corrected chi connectivity index (χ1v) is 8.36. The molecular weight excluding hydrogens is 320 g/mol. The molecule has 0 atom stereocenters. The van der Waals surface area contributed by atoms with Gasteiger partial charge in [-0.15, -0.1) is 0 Å². The van der Waals surface area contributed by atoms with Gasteiger partial charge in [-0.05, 0) is 36.3 Å². The quantitative estimate of drug-likeness (QED) is 0.364. The highest BCUT2D eigenvalue weighted by atomic mass is 32.1. The van der Waals surface area contributed by atoms with E-state index in [1.54, 1.807) is 35.2 Å². The summed E-state index contributed by atoms with van der Waals surface area (Å²) in [7, 11) is 0. The first-order valence-electron chi connectivity index (χ1n) is 7.95. The number of nitrogens with zero attached hydrogens (tertiary/aromatic N) is 1. The fourth-order valence-electron chi connectivity index (χ4n) is 2.37. The number of rotatable bonds is 6. The van der Waals surface area contributed by atoms with Crippen molar-refractivity contribution in [2.75, 3.05) is 6.54 Å². The van der Waals surface area contributed by atoms with Gasteiger partial charge in [0.25, 0.3) is 0 Å². The third-order valence-electron chi connectivity index (χ3n) is 3.66. The first-order chi connectivity index (χ1) is 11.6. The molecular formula is C19H22N2O2S. The van der Waals surface area contributed by atoms with Gasteiger partial charge < -0.3 is 15.5 Å². The summed E-state index contributed by atoms with van der Waals surface area (Å²) in [5.74, 6) is -0.137. The van der Waals surface area contributed by atoms with Crippen LogP contribution in [0.1, 0.15) is 30.0 Å². The molecule has 2 rings (SSSR count). The summed E-state index contributed by atoms with van der Waals surface area (Å²) in [5, 5.41) is 25.6. The van der Waals surface area contributed by atoms with Gasteiger partial charge in [-0.2, -0.15) is 4.57 Å². The number of aryl methyl sites for hydroxylation is 1. The van der Waals surface area contributed by atoms with E-state index in [0.29, 0.717) is 28.4 Å². The molecule has 0 saturated heterocycles. The molecule has 2 N–H and O–H groups in total. The van der Waals surface area contributed by atoms with Crippen LogP contribution in [0, 0.1) is 6.92 Å². The number of aromatic nitrogens is 1. The van der Waals surface area contributed by atoms with E-state index in [9.17, 15) is 10.2 Å². The lowest BCUT2D eigenvalue weighted by Crippen LogP contribution is -2.42. The molecule has 0 aliphatic rings. The molecule has 0 spiro atoms. The highest BCUT2D eigenvalue weighted by Gasteiger charge is 2.19. The van der Waals surface area contributed by atoms with Gasteiger partial charge in [0, 0.05) is 18.2 Å². The minimum absolute atomic E-state index is 0.0954. The van der Waals surface area contributed by atoms with Crippen LogP contribution in [0.3, 0.4) is 0 Å². The zero-order valence-corrected chi connectivity index (χ0v) is 14.8. The lowest BCUT2D eigenvalue weighted by atomic mass is 10.1. The van der Waals surface area contributed by atoms with Gasteiger partial charge in [0.05, 0.1) is 6.61 Å². The van der Waals surface area contributed by atoms with Crippen molar-refractivity contribution in [1.29, 1.82) is 0 Å². The van der Waals surface area contributed by atoms with Crippen LogP contribution in [0.25, 0.3) is 11.5 Å². The largest absolute Gasteiger partial charge is 0.867 e. The molecule has 0 saturated carbocycles. The maximum absolute atomic E-state index is 13.1. The average Bonchev–Trinajstić information content (AvgIpc) is 2.60. The molecule has 1 aromatic carbocycles. The molecule has 126 valence electrons. The maximum Gasteiger partial charge on any atom is 0.237 e. The van der Waals surface area contributed by atoms with Crippen molar-refractivity contribution in [2.45, 2.75) is 26.9 Å². The fraction of sp³-hybridized carbons (Fsp3) is 0.263. The highest BCUT2D eigenvalue weighted by Crippen LogP contribution is 2.18. The van der Waals surface area contributed by atoms with E-state index < -0.39 is 0 Å². The predicted octanol–water partition coefficient (Wildman–Crippen LogP) is 1.79. The van der Waals surface area contributed by atoms with Gasteiger partial charge in [-0.25, -0.2) is 0 Å². The second kappa shape index (κ2) is 8.57. The SMILES string of the molecule is CCCNC(=S)/C(=C(/[O-])c1ccccc1C)[n+]1cccc(CO)c1. The number of aliphatic hydroxyl groups is 1. The standard InChI is InChI=1S/C19H22N2O2S/c1-3-10-20-19(24)17(21-11-6-8-15(12-21)13-22)18(23)16-9-5-4-7-14(16)2/h4-9,11-12,22H,3,10,13H2,1-2H3,(H-,20,23,24). The smallest absolute Gasteiger partial charge is 0.237 e. The third kappa shape index (κ3) is 4.19. The normalized spacial score (nSPS) is 11.8. The Labute approximate surface area is 148 Å². The zero-order chi connectivity index (χ0) is 17.5. The van der Waals surface area contributed by atoms with Crippen LogP contribution in [-0.4, -0.2) is 16.6 Å². The lowest BCUT2D eigenvalue weighted by molar-refractivity contribution is -0.578. The summed E-state index contributed by atoms with van der Waals surface area (Å²) >= 11 is 5.47. The lowest BCUT2D eigenvalue weighted by Gasteiger charge is -2.18. The molecule has 0 fully saturated rings. The van der Waals surface area contributed by atoms with E-state index >= 15 is 0 Å². The Hall–Kier alpha value is -2.24. The van der Waals surface area contributed by atoms with Crippen LogP contribution in [0.4, 0.5) is 0 Å². The summed E-state index contributed by atoms with van der Waals surface area (Å²) in [6.07, 6.45) is 4.41. The number of nitrogens with one attached hydrogen (secondary N) is 1. The van der Waals surface area contributed by atoms with Gasteiger partial charge in [0.1, 0.15) is 0 Å². The van der Waals surface area contributed by atoms with Crippen LogP contribution >= 0.6 is 12.2 Å². The molecule has 1 heterocycles. The van der Waals surface area contributed by atoms with Crippen LogP contribution in [0.5, 0.6) is 0 Å². The monoisotopic (exact) mass is 342 g/mol. The van der Waals surface area contributed by atoms with Crippen molar-refractivity contribution >= 4 is 28.7 Å². The molecule has 0 unspecified atom stereocenters. The number of benzene rings is 1. The van der Waals surface area contributed by atoms with E-state index in [-0.39, 0.29) is 12.4 Å². The molecule has 1 aromatic heterocycles. The maximum atomic E-state index is 13.1. The number of aliphatic hydroxyl groups excluding tert-OH is 1. The molecule has 4 nitrogen and oxygen atoms in total. The van der Waals surface area contributed by atoms with Crippen molar-refractivity contribution < 1.29 is 14.8 Å². The second-order valence-corrected chi connectivity index (χ2v) is 5.93. The third-order valence-corrected chi connectivity index (χ3v) is 4.00. The summed E-state index contributed by atoms with van der Waals surface area (Å²) < 4.78 is 1.69. The zero-order valence-electron chi connectivity index (χ0n) is 14.0. The number of pyridine rings is 1. The Bertz CT molecular complexity index is 757. The summed E-state index contributed by atoms with van der Waals surface area (Å²) in [4.78, 5) is 0.408. The summed E-state index contributed by atoms with van der Waals surface area (Å²) in [6, 6.07) is 11.0. The minimum Gasteiger partial charge on any atom is -0.867 e. The van der Waals surface area contributed by atoms with Crippen LogP contribution in [-0.2, 0) is 6.61 Å². The van der Waals surface area contributed by atoms with Gasteiger partial charge in [0.2, 0.25) is 5.70 Å². The van der Waals surface area contributed by atoms with Gasteiger partial charge in [0.15, 0.2) is 17.4 Å². The van der Waals surface area contributed by atoms with Crippen molar-refractivity contribution in [2.24, 2.45) is 0 Å². The highest BCUT2D eigenvalue weighted by molar-refractivity contribution is 7.81. The number of thiocarbonyl (C=S) groups is 1. The topological polar surface area (TPSA) is 59.2 Å². The van der Waals surface area contributed by atoms with Gasteiger partial charge in [-0.3, -0.25) is 0 Å². The van der Waals surface area contributed by atoms with Crippen LogP contribution in [0.2, 0.25) is 0 Å². The van der Waals surface area contributed by atoms with Crippen LogP contribution < -0.4 is 15.0 Å². The molecule has 2 aromatic rings.